The normalized spacial score (nSPS) is 29.2. The summed E-state index contributed by atoms with van der Waals surface area (Å²) in [4.78, 5) is 0. The van der Waals surface area contributed by atoms with Crippen LogP contribution in [0.3, 0.4) is 0 Å². The standard InChI is InChI=1S/C17H33NO/c1-16(19,15-10-6-5-7-11-15)17(14-18)12-8-3-2-4-9-13-17/h15,19H,2-14,18H2,1H3. The van der Waals surface area contributed by atoms with Crippen LogP contribution < -0.4 is 5.73 Å². The molecule has 2 fully saturated rings. The molecule has 0 radical (unpaired) electrons. The Morgan fingerprint density at radius 3 is 1.95 bits per heavy atom. The summed E-state index contributed by atoms with van der Waals surface area (Å²) >= 11 is 0. The van der Waals surface area contributed by atoms with E-state index in [1.165, 1.54) is 64.2 Å². The van der Waals surface area contributed by atoms with Crippen molar-refractivity contribution in [3.63, 3.8) is 0 Å². The van der Waals surface area contributed by atoms with Crippen molar-refractivity contribution in [2.45, 2.75) is 89.6 Å². The second-order valence-electron chi connectivity index (χ2n) is 7.23. The summed E-state index contributed by atoms with van der Waals surface area (Å²) in [5.41, 5.74) is 5.62. The van der Waals surface area contributed by atoms with E-state index in [2.05, 4.69) is 6.92 Å². The van der Waals surface area contributed by atoms with E-state index in [4.69, 9.17) is 5.73 Å². The van der Waals surface area contributed by atoms with Crippen molar-refractivity contribution in [2.75, 3.05) is 6.54 Å². The van der Waals surface area contributed by atoms with E-state index in [9.17, 15) is 5.11 Å². The van der Waals surface area contributed by atoms with Crippen molar-refractivity contribution in [3.05, 3.63) is 0 Å². The van der Waals surface area contributed by atoms with Gasteiger partial charge in [-0.15, -0.1) is 0 Å². The Hall–Kier alpha value is -0.0800. The summed E-state index contributed by atoms with van der Waals surface area (Å²) in [6.45, 7) is 2.77. The molecule has 2 heteroatoms. The minimum absolute atomic E-state index is 0.0184. The van der Waals surface area contributed by atoms with E-state index >= 15 is 0 Å². The van der Waals surface area contributed by atoms with Crippen LogP contribution in [-0.2, 0) is 0 Å². The molecule has 2 aliphatic carbocycles. The predicted molar refractivity (Wildman–Crippen MR) is 81.0 cm³/mol. The summed E-state index contributed by atoms with van der Waals surface area (Å²) in [7, 11) is 0. The molecule has 112 valence electrons. The molecule has 0 heterocycles. The monoisotopic (exact) mass is 267 g/mol. The first-order chi connectivity index (χ1) is 9.12. The average molecular weight is 267 g/mol. The van der Waals surface area contributed by atoms with Gasteiger partial charge in [-0.25, -0.2) is 0 Å². The highest BCUT2D eigenvalue weighted by Gasteiger charge is 2.49. The highest BCUT2D eigenvalue weighted by molar-refractivity contribution is 5.01. The first-order valence-corrected chi connectivity index (χ1v) is 8.55. The first-order valence-electron chi connectivity index (χ1n) is 8.55. The van der Waals surface area contributed by atoms with Gasteiger partial charge in [-0.2, -0.15) is 0 Å². The summed E-state index contributed by atoms with van der Waals surface area (Å²) in [5.74, 6) is 0.476. The number of nitrogens with two attached hydrogens (primary N) is 1. The zero-order valence-electron chi connectivity index (χ0n) is 12.8. The Morgan fingerprint density at radius 1 is 0.947 bits per heavy atom. The number of rotatable bonds is 3. The topological polar surface area (TPSA) is 46.2 Å². The molecule has 0 aromatic heterocycles. The van der Waals surface area contributed by atoms with Gasteiger partial charge in [0.05, 0.1) is 5.60 Å². The van der Waals surface area contributed by atoms with Gasteiger partial charge in [0.15, 0.2) is 0 Å². The Labute approximate surface area is 119 Å². The van der Waals surface area contributed by atoms with Gasteiger partial charge < -0.3 is 10.8 Å². The third-order valence-electron chi connectivity index (χ3n) is 6.18. The molecule has 2 rings (SSSR count). The molecule has 0 aromatic rings. The zero-order valence-corrected chi connectivity index (χ0v) is 12.8. The van der Waals surface area contributed by atoms with E-state index in [0.29, 0.717) is 12.5 Å². The third-order valence-corrected chi connectivity index (χ3v) is 6.18. The summed E-state index contributed by atoms with van der Waals surface area (Å²) in [6, 6.07) is 0. The Bertz CT molecular complexity index is 260. The van der Waals surface area contributed by atoms with Crippen LogP contribution in [0.1, 0.15) is 84.0 Å². The molecule has 0 amide bonds. The molecular weight excluding hydrogens is 234 g/mol. The van der Waals surface area contributed by atoms with E-state index in [1.807, 2.05) is 0 Å². The quantitative estimate of drug-likeness (QED) is 0.811. The molecule has 2 aliphatic rings. The lowest BCUT2D eigenvalue weighted by Gasteiger charge is -2.51. The van der Waals surface area contributed by atoms with Crippen molar-refractivity contribution in [1.29, 1.82) is 0 Å². The van der Waals surface area contributed by atoms with Crippen LogP contribution in [0.15, 0.2) is 0 Å². The number of aliphatic hydroxyl groups is 1. The summed E-state index contributed by atoms with van der Waals surface area (Å²) in [6.07, 6.45) is 15.1. The van der Waals surface area contributed by atoms with Gasteiger partial charge in [-0.3, -0.25) is 0 Å². The van der Waals surface area contributed by atoms with E-state index < -0.39 is 5.60 Å². The van der Waals surface area contributed by atoms with Gasteiger partial charge in [0.25, 0.3) is 0 Å². The van der Waals surface area contributed by atoms with Gasteiger partial charge in [0, 0.05) is 12.0 Å². The fourth-order valence-electron chi connectivity index (χ4n) is 4.60. The Morgan fingerprint density at radius 2 is 1.42 bits per heavy atom. The van der Waals surface area contributed by atoms with Crippen molar-refractivity contribution in [3.8, 4) is 0 Å². The van der Waals surface area contributed by atoms with E-state index in [-0.39, 0.29) is 5.41 Å². The highest BCUT2D eigenvalue weighted by Crippen LogP contribution is 2.49. The largest absolute Gasteiger partial charge is 0.389 e. The first kappa shape index (κ1) is 15.3. The molecule has 0 aromatic carbocycles. The molecule has 1 atom stereocenters. The lowest BCUT2D eigenvalue weighted by Crippen LogP contribution is -2.55. The van der Waals surface area contributed by atoms with Gasteiger partial charge in [0.2, 0.25) is 0 Å². The van der Waals surface area contributed by atoms with Crippen LogP contribution >= 0.6 is 0 Å². The molecule has 0 aliphatic heterocycles. The maximum absolute atomic E-state index is 11.4. The molecule has 1 unspecified atom stereocenters. The van der Waals surface area contributed by atoms with Gasteiger partial charge in [-0.05, 0) is 38.5 Å². The average Bonchev–Trinajstić information content (AvgIpc) is 2.40. The van der Waals surface area contributed by atoms with Crippen molar-refractivity contribution in [2.24, 2.45) is 17.1 Å². The van der Waals surface area contributed by atoms with Gasteiger partial charge in [0.1, 0.15) is 0 Å². The van der Waals surface area contributed by atoms with Crippen LogP contribution in [0, 0.1) is 11.3 Å². The minimum atomic E-state index is -0.556. The van der Waals surface area contributed by atoms with Gasteiger partial charge >= 0.3 is 0 Å². The zero-order chi connectivity index (χ0) is 13.8. The second kappa shape index (κ2) is 6.58. The SMILES string of the molecule is CC(O)(C1CCCCC1)C1(CN)CCCCCCC1. The molecule has 0 saturated heterocycles. The third kappa shape index (κ3) is 3.16. The van der Waals surface area contributed by atoms with Crippen molar-refractivity contribution < 1.29 is 5.11 Å². The molecule has 2 nitrogen and oxygen atoms in total. The van der Waals surface area contributed by atoms with Crippen molar-refractivity contribution in [1.82, 2.24) is 0 Å². The fourth-order valence-corrected chi connectivity index (χ4v) is 4.60. The van der Waals surface area contributed by atoms with Crippen LogP contribution in [0.25, 0.3) is 0 Å². The maximum Gasteiger partial charge on any atom is 0.0715 e. The molecule has 19 heavy (non-hydrogen) atoms. The Balaban J connectivity index is 2.15. The molecule has 0 bridgehead atoms. The van der Waals surface area contributed by atoms with Crippen LogP contribution in [0.5, 0.6) is 0 Å². The molecular formula is C17H33NO. The number of hydrogen-bond acceptors (Lipinski definition) is 2. The second-order valence-corrected chi connectivity index (χ2v) is 7.23. The molecule has 3 N–H and O–H groups in total. The summed E-state index contributed by atoms with van der Waals surface area (Å²) in [5, 5.41) is 11.4. The maximum atomic E-state index is 11.4. The van der Waals surface area contributed by atoms with Gasteiger partial charge in [-0.1, -0.05) is 51.4 Å². The molecule has 0 spiro atoms. The van der Waals surface area contributed by atoms with Crippen LogP contribution in [0.2, 0.25) is 0 Å². The molecule has 2 saturated carbocycles. The van der Waals surface area contributed by atoms with E-state index in [0.717, 1.165) is 12.8 Å². The fraction of sp³-hybridized carbons (Fsp3) is 1.00. The smallest absolute Gasteiger partial charge is 0.0715 e. The predicted octanol–water partition coefficient (Wildman–Crippen LogP) is 4.01. The van der Waals surface area contributed by atoms with E-state index in [1.54, 1.807) is 0 Å². The highest BCUT2D eigenvalue weighted by atomic mass is 16.3. The minimum Gasteiger partial charge on any atom is -0.389 e. The Kier molecular flexibility index (Phi) is 5.30. The van der Waals surface area contributed by atoms with Crippen LogP contribution in [0.4, 0.5) is 0 Å². The number of hydrogen-bond donors (Lipinski definition) is 2. The lowest BCUT2D eigenvalue weighted by molar-refractivity contribution is -0.129. The van der Waals surface area contributed by atoms with Crippen molar-refractivity contribution >= 4 is 0 Å². The lowest BCUT2D eigenvalue weighted by atomic mass is 9.58. The van der Waals surface area contributed by atoms with Crippen LogP contribution in [-0.4, -0.2) is 17.3 Å². The summed E-state index contributed by atoms with van der Waals surface area (Å²) < 4.78 is 0.